The number of amides is 1. The highest BCUT2D eigenvalue weighted by atomic mass is 35.5. The third-order valence-corrected chi connectivity index (χ3v) is 4.21. The largest absolute Gasteiger partial charge is 0.495 e. The summed E-state index contributed by atoms with van der Waals surface area (Å²) >= 11 is 6.05. The van der Waals surface area contributed by atoms with Crippen molar-refractivity contribution in [1.82, 2.24) is 0 Å². The average molecular weight is 296 g/mol. The van der Waals surface area contributed by atoms with E-state index in [2.05, 4.69) is 0 Å². The molecule has 6 heteroatoms. The molecule has 0 unspecified atom stereocenters. The molecular formula is C14H19BClNO3. The molecule has 0 saturated carbocycles. The lowest BCUT2D eigenvalue weighted by Crippen LogP contribution is -2.41. The van der Waals surface area contributed by atoms with E-state index in [1.165, 1.54) is 0 Å². The molecule has 1 aromatic carbocycles. The molecular weight excluding hydrogens is 276 g/mol. The smallest absolute Gasteiger partial charge is 0.399 e. The van der Waals surface area contributed by atoms with E-state index in [0.29, 0.717) is 5.02 Å². The summed E-state index contributed by atoms with van der Waals surface area (Å²) in [5.74, 6) is -0.398. The lowest BCUT2D eigenvalue weighted by atomic mass is 9.75. The Bertz CT molecular complexity index is 529. The van der Waals surface area contributed by atoms with Crippen LogP contribution in [0.1, 0.15) is 33.3 Å². The second-order valence-electron chi connectivity index (χ2n) is 6.07. The first kappa shape index (κ1) is 15.4. The standard InChI is InChI=1S/C14H19BClNO3/c1-13(2)14(3,4)20-15(19-13)11-8-10(16)6-5-9(11)7-12(17)18/h5-6,8H,7H2,1-4H3,(H2,17,18). The molecule has 1 fully saturated rings. The van der Waals surface area contributed by atoms with Crippen LogP contribution < -0.4 is 11.2 Å². The molecule has 1 aromatic rings. The summed E-state index contributed by atoms with van der Waals surface area (Å²) in [4.78, 5) is 11.2. The zero-order valence-electron chi connectivity index (χ0n) is 12.2. The number of hydrogen-bond donors (Lipinski definition) is 1. The van der Waals surface area contributed by atoms with Crippen molar-refractivity contribution >= 4 is 30.1 Å². The van der Waals surface area contributed by atoms with Gasteiger partial charge in [-0.3, -0.25) is 4.79 Å². The predicted molar refractivity (Wildman–Crippen MR) is 80.1 cm³/mol. The van der Waals surface area contributed by atoms with E-state index in [9.17, 15) is 4.79 Å². The molecule has 108 valence electrons. The number of rotatable bonds is 3. The van der Waals surface area contributed by atoms with Gasteiger partial charge in [0.15, 0.2) is 0 Å². The van der Waals surface area contributed by atoms with Gasteiger partial charge in [-0.25, -0.2) is 0 Å². The molecule has 0 aliphatic carbocycles. The van der Waals surface area contributed by atoms with Crippen molar-refractivity contribution in [1.29, 1.82) is 0 Å². The number of carbonyl (C=O) groups is 1. The second-order valence-corrected chi connectivity index (χ2v) is 6.51. The summed E-state index contributed by atoms with van der Waals surface area (Å²) in [5, 5.41) is 0.572. The quantitative estimate of drug-likeness (QED) is 0.863. The van der Waals surface area contributed by atoms with E-state index in [0.717, 1.165) is 11.0 Å². The van der Waals surface area contributed by atoms with Crippen LogP contribution in [-0.4, -0.2) is 24.2 Å². The van der Waals surface area contributed by atoms with Crippen LogP contribution in [0.15, 0.2) is 18.2 Å². The van der Waals surface area contributed by atoms with Gasteiger partial charge in [-0.15, -0.1) is 0 Å². The second kappa shape index (κ2) is 5.06. The van der Waals surface area contributed by atoms with Gasteiger partial charge in [-0.2, -0.15) is 0 Å². The Balaban J connectivity index is 2.38. The minimum atomic E-state index is -0.548. The summed E-state index contributed by atoms with van der Waals surface area (Å²) in [5.41, 5.74) is 5.94. The molecule has 1 saturated heterocycles. The molecule has 1 aliphatic heterocycles. The summed E-state index contributed by atoms with van der Waals surface area (Å²) in [7, 11) is -0.548. The lowest BCUT2D eigenvalue weighted by Gasteiger charge is -2.32. The third-order valence-electron chi connectivity index (χ3n) is 3.98. The van der Waals surface area contributed by atoms with Gasteiger partial charge in [0, 0.05) is 5.02 Å². The molecule has 1 heterocycles. The number of halogens is 1. The van der Waals surface area contributed by atoms with Crippen LogP contribution in [0.25, 0.3) is 0 Å². The minimum absolute atomic E-state index is 0.135. The van der Waals surface area contributed by atoms with Crippen molar-refractivity contribution in [2.24, 2.45) is 5.73 Å². The van der Waals surface area contributed by atoms with Crippen LogP contribution in [-0.2, 0) is 20.5 Å². The molecule has 20 heavy (non-hydrogen) atoms. The van der Waals surface area contributed by atoms with Gasteiger partial charge in [-0.1, -0.05) is 17.7 Å². The molecule has 2 N–H and O–H groups in total. The first-order chi connectivity index (χ1) is 9.12. The van der Waals surface area contributed by atoms with Gasteiger partial charge in [0.05, 0.1) is 17.6 Å². The van der Waals surface area contributed by atoms with E-state index in [1.807, 2.05) is 27.7 Å². The Kier molecular flexibility index (Phi) is 3.89. The van der Waals surface area contributed by atoms with Gasteiger partial charge in [0.25, 0.3) is 0 Å². The molecule has 0 atom stereocenters. The molecule has 4 nitrogen and oxygen atoms in total. The van der Waals surface area contributed by atoms with Crippen molar-refractivity contribution in [3.8, 4) is 0 Å². The van der Waals surface area contributed by atoms with E-state index < -0.39 is 24.2 Å². The van der Waals surface area contributed by atoms with Crippen LogP contribution in [0, 0.1) is 0 Å². The third kappa shape index (κ3) is 2.85. The Hall–Kier alpha value is -1.04. The van der Waals surface area contributed by atoms with Crippen molar-refractivity contribution in [3.05, 3.63) is 28.8 Å². The van der Waals surface area contributed by atoms with Crippen LogP contribution in [0.4, 0.5) is 0 Å². The Morgan fingerprint density at radius 2 is 1.80 bits per heavy atom. The van der Waals surface area contributed by atoms with Crippen molar-refractivity contribution in [3.63, 3.8) is 0 Å². The predicted octanol–water partition coefficient (Wildman–Crippen LogP) is 1.67. The molecule has 0 aromatic heterocycles. The molecule has 1 aliphatic rings. The summed E-state index contributed by atoms with van der Waals surface area (Å²) < 4.78 is 12.0. The zero-order valence-corrected chi connectivity index (χ0v) is 13.0. The lowest BCUT2D eigenvalue weighted by molar-refractivity contribution is -0.117. The fourth-order valence-corrected chi connectivity index (χ4v) is 2.28. The topological polar surface area (TPSA) is 61.5 Å². The van der Waals surface area contributed by atoms with Gasteiger partial charge in [-0.05, 0) is 50.9 Å². The Morgan fingerprint density at radius 1 is 1.25 bits per heavy atom. The summed E-state index contributed by atoms with van der Waals surface area (Å²) in [6.45, 7) is 7.91. The SMILES string of the molecule is CC1(C)OB(c2cc(Cl)ccc2CC(N)=O)OC1(C)C. The van der Waals surface area contributed by atoms with Gasteiger partial charge in [0.2, 0.25) is 5.91 Å². The molecule has 0 radical (unpaired) electrons. The maximum Gasteiger partial charge on any atom is 0.495 e. The van der Waals surface area contributed by atoms with Crippen LogP contribution in [0.2, 0.25) is 5.02 Å². The maximum atomic E-state index is 11.2. The van der Waals surface area contributed by atoms with E-state index in [-0.39, 0.29) is 6.42 Å². The van der Waals surface area contributed by atoms with E-state index >= 15 is 0 Å². The zero-order chi connectivity index (χ0) is 15.1. The molecule has 2 rings (SSSR count). The average Bonchev–Trinajstić information content (AvgIpc) is 2.50. The Morgan fingerprint density at radius 3 is 2.30 bits per heavy atom. The number of benzene rings is 1. The van der Waals surface area contributed by atoms with Crippen molar-refractivity contribution in [2.45, 2.75) is 45.3 Å². The van der Waals surface area contributed by atoms with Crippen molar-refractivity contribution < 1.29 is 14.1 Å². The Labute approximate surface area is 124 Å². The maximum absolute atomic E-state index is 11.2. The van der Waals surface area contributed by atoms with Crippen LogP contribution >= 0.6 is 11.6 Å². The highest BCUT2D eigenvalue weighted by molar-refractivity contribution is 6.63. The van der Waals surface area contributed by atoms with E-state index in [1.54, 1.807) is 18.2 Å². The number of carbonyl (C=O) groups excluding carboxylic acids is 1. The number of hydrogen-bond acceptors (Lipinski definition) is 3. The highest BCUT2D eigenvalue weighted by Gasteiger charge is 2.52. The molecule has 1 amide bonds. The highest BCUT2D eigenvalue weighted by Crippen LogP contribution is 2.36. The summed E-state index contributed by atoms with van der Waals surface area (Å²) in [6, 6.07) is 5.28. The van der Waals surface area contributed by atoms with Gasteiger partial charge in [0.1, 0.15) is 0 Å². The molecule has 0 spiro atoms. The monoisotopic (exact) mass is 295 g/mol. The van der Waals surface area contributed by atoms with Crippen LogP contribution in [0.5, 0.6) is 0 Å². The van der Waals surface area contributed by atoms with Gasteiger partial charge >= 0.3 is 7.12 Å². The first-order valence-electron chi connectivity index (χ1n) is 6.55. The number of nitrogens with two attached hydrogens (primary N) is 1. The fraction of sp³-hybridized carbons (Fsp3) is 0.500. The van der Waals surface area contributed by atoms with Crippen molar-refractivity contribution in [2.75, 3.05) is 0 Å². The van der Waals surface area contributed by atoms with E-state index in [4.69, 9.17) is 26.6 Å². The van der Waals surface area contributed by atoms with Crippen LogP contribution in [0.3, 0.4) is 0 Å². The normalized spacial score (nSPS) is 20.1. The first-order valence-corrected chi connectivity index (χ1v) is 6.92. The summed E-state index contributed by atoms with van der Waals surface area (Å²) in [6.07, 6.45) is 0.135. The van der Waals surface area contributed by atoms with Gasteiger partial charge < -0.3 is 15.0 Å². The number of primary amides is 1. The molecule has 0 bridgehead atoms. The fourth-order valence-electron chi connectivity index (χ4n) is 2.10. The minimum Gasteiger partial charge on any atom is -0.399 e.